The molecule has 1 aliphatic carbocycles. The third-order valence-electron chi connectivity index (χ3n) is 3.50. The van der Waals surface area contributed by atoms with Crippen LogP contribution < -0.4 is 0 Å². The molecule has 1 aliphatic rings. The predicted octanol–water partition coefficient (Wildman–Crippen LogP) is 4.51. The van der Waals surface area contributed by atoms with Gasteiger partial charge in [0.25, 0.3) is 0 Å². The molecule has 0 fully saturated rings. The number of hydrogen-bond donors (Lipinski definition) is 0. The Hall–Kier alpha value is -1.26. The van der Waals surface area contributed by atoms with E-state index < -0.39 is 0 Å². The van der Waals surface area contributed by atoms with Gasteiger partial charge in [-0.25, -0.2) is 0 Å². The molecule has 0 nitrogen and oxygen atoms in total. The molecule has 1 heterocycles. The molecule has 1 aromatic heterocycles. The summed E-state index contributed by atoms with van der Waals surface area (Å²) in [4.78, 5) is 0. The molecule has 0 N–H and O–H groups in total. The number of fused-ring (bicyclic) bond motifs is 1. The van der Waals surface area contributed by atoms with Gasteiger partial charge in [0.05, 0.1) is 0 Å². The van der Waals surface area contributed by atoms with Gasteiger partial charge in [-0.05, 0) is 59.2 Å². The molecule has 80 valence electrons. The molecule has 0 aliphatic heterocycles. The van der Waals surface area contributed by atoms with E-state index in [2.05, 4.69) is 50.0 Å². The Labute approximate surface area is 98.1 Å². The molecule has 0 saturated heterocycles. The van der Waals surface area contributed by atoms with Crippen molar-refractivity contribution in [2.45, 2.75) is 20.3 Å². The summed E-state index contributed by atoms with van der Waals surface area (Å²) in [6, 6.07) is 11.1. The van der Waals surface area contributed by atoms with Crippen molar-refractivity contribution >= 4 is 19.3 Å². The zero-order chi connectivity index (χ0) is 11.1. The fourth-order valence-corrected chi connectivity index (χ4v) is 3.84. The molecule has 1 heteroatoms. The summed E-state index contributed by atoms with van der Waals surface area (Å²) in [7, 11) is 0.869. The lowest BCUT2D eigenvalue weighted by Crippen LogP contribution is -1.83. The zero-order valence-corrected chi connectivity index (χ0v) is 10.7. The van der Waals surface area contributed by atoms with Crippen molar-refractivity contribution in [1.29, 1.82) is 0 Å². The number of benzene rings is 1. The first-order valence-corrected chi connectivity index (χ1v) is 6.77. The van der Waals surface area contributed by atoms with Crippen LogP contribution in [0.2, 0.25) is 0 Å². The molecule has 2 aromatic rings. The van der Waals surface area contributed by atoms with E-state index in [0.29, 0.717) is 0 Å². The van der Waals surface area contributed by atoms with Crippen LogP contribution in [0.4, 0.5) is 0 Å². The van der Waals surface area contributed by atoms with Gasteiger partial charge in [-0.3, -0.25) is 0 Å². The van der Waals surface area contributed by atoms with E-state index in [0.717, 1.165) is 14.6 Å². The molecule has 0 amide bonds. The Balaban J connectivity index is 2.15. The van der Waals surface area contributed by atoms with Crippen molar-refractivity contribution in [3.8, 4) is 0 Å². The molecule has 16 heavy (non-hydrogen) atoms. The van der Waals surface area contributed by atoms with Gasteiger partial charge < -0.3 is 0 Å². The van der Waals surface area contributed by atoms with Gasteiger partial charge >= 0.3 is 0 Å². The molecule has 1 atom stereocenters. The number of rotatable bonds is 1. The van der Waals surface area contributed by atoms with Crippen LogP contribution in [0.15, 0.2) is 36.1 Å². The summed E-state index contributed by atoms with van der Waals surface area (Å²) in [5.41, 5.74) is 7.46. The predicted molar refractivity (Wildman–Crippen MR) is 73.3 cm³/mol. The van der Waals surface area contributed by atoms with Crippen molar-refractivity contribution < 1.29 is 0 Å². The minimum absolute atomic E-state index is 0.869. The van der Waals surface area contributed by atoms with Crippen LogP contribution in [0, 0.1) is 6.92 Å². The van der Waals surface area contributed by atoms with Gasteiger partial charge in [-0.1, -0.05) is 30.3 Å². The van der Waals surface area contributed by atoms with Gasteiger partial charge in [-0.15, -0.1) is 8.19 Å². The van der Waals surface area contributed by atoms with Gasteiger partial charge in [-0.2, -0.15) is 0 Å². The molecule has 0 spiro atoms. The highest BCUT2D eigenvalue weighted by Crippen LogP contribution is 2.42. The first-order chi connectivity index (χ1) is 7.77. The lowest BCUT2D eigenvalue weighted by atomic mass is 10.1. The molecule has 0 bridgehead atoms. The van der Waals surface area contributed by atoms with Gasteiger partial charge in [0.2, 0.25) is 0 Å². The van der Waals surface area contributed by atoms with E-state index in [1.807, 2.05) is 0 Å². The van der Waals surface area contributed by atoms with Crippen LogP contribution in [-0.4, -0.2) is 0 Å². The standard InChI is InChI=1S/C15H15P/c1-10-7-8-16-15(10)14-9-12-5-3-4-6-13(12)11(14)2/h3-8,16H,9H2,1-2H3. The first-order valence-electron chi connectivity index (χ1n) is 5.70. The molecule has 0 saturated carbocycles. The van der Waals surface area contributed by atoms with E-state index in [1.54, 1.807) is 10.9 Å². The van der Waals surface area contributed by atoms with E-state index in [4.69, 9.17) is 0 Å². The summed E-state index contributed by atoms with van der Waals surface area (Å²) in [6.07, 6.45) is 1.13. The summed E-state index contributed by atoms with van der Waals surface area (Å²) < 4.78 is 0. The van der Waals surface area contributed by atoms with E-state index in [1.165, 1.54) is 22.3 Å². The summed E-state index contributed by atoms with van der Waals surface area (Å²) >= 11 is 0. The average Bonchev–Trinajstić information content (AvgIpc) is 2.84. The lowest BCUT2D eigenvalue weighted by Gasteiger charge is -2.03. The summed E-state index contributed by atoms with van der Waals surface area (Å²) in [5.74, 6) is 2.30. The molecule has 0 radical (unpaired) electrons. The second kappa shape index (κ2) is 3.64. The number of hydrogen-bond acceptors (Lipinski definition) is 0. The monoisotopic (exact) mass is 226 g/mol. The Morgan fingerprint density at radius 3 is 2.56 bits per heavy atom. The van der Waals surface area contributed by atoms with E-state index >= 15 is 0 Å². The van der Waals surface area contributed by atoms with E-state index in [-0.39, 0.29) is 0 Å². The van der Waals surface area contributed by atoms with Crippen molar-refractivity contribution in [3.05, 3.63) is 58.1 Å². The van der Waals surface area contributed by atoms with Gasteiger partial charge in [0.1, 0.15) is 0 Å². The number of aryl methyl sites for hydroxylation is 1. The Bertz CT molecular complexity index is 573. The third kappa shape index (κ3) is 1.37. The van der Waals surface area contributed by atoms with Crippen LogP contribution in [-0.2, 0) is 6.42 Å². The maximum Gasteiger partial charge on any atom is -0.000765 e. The third-order valence-corrected chi connectivity index (χ3v) is 4.82. The van der Waals surface area contributed by atoms with Crippen LogP contribution in [0.5, 0.6) is 0 Å². The molecule has 1 unspecified atom stereocenters. The SMILES string of the molecule is CC1=C(c2[pH]ccc2C)Cc2ccccc21. The molecule has 3 rings (SSSR count). The van der Waals surface area contributed by atoms with Crippen LogP contribution >= 0.6 is 8.19 Å². The van der Waals surface area contributed by atoms with Crippen LogP contribution in [0.25, 0.3) is 11.1 Å². The topological polar surface area (TPSA) is 0 Å². The maximum absolute atomic E-state index is 2.30. The highest BCUT2D eigenvalue weighted by atomic mass is 31.0. The fraction of sp³-hybridized carbons (Fsp3) is 0.200. The quantitative estimate of drug-likeness (QED) is 0.671. The smallest absolute Gasteiger partial charge is 0.000765 e. The number of allylic oxidation sites excluding steroid dienone is 2. The summed E-state index contributed by atoms with van der Waals surface area (Å²) in [6.45, 7) is 4.50. The minimum atomic E-state index is 0.869. The normalized spacial score (nSPS) is 14.9. The van der Waals surface area contributed by atoms with Crippen LogP contribution in [0.3, 0.4) is 0 Å². The second-order valence-corrected chi connectivity index (χ2v) is 5.60. The van der Waals surface area contributed by atoms with E-state index in [9.17, 15) is 0 Å². The van der Waals surface area contributed by atoms with Crippen molar-refractivity contribution in [2.75, 3.05) is 0 Å². The highest BCUT2D eigenvalue weighted by molar-refractivity contribution is 7.31. The Morgan fingerprint density at radius 1 is 1.06 bits per heavy atom. The largest absolute Gasteiger partial charge is 0.132 e. The van der Waals surface area contributed by atoms with Crippen molar-refractivity contribution in [3.63, 3.8) is 0 Å². The first kappa shape index (κ1) is 9.93. The van der Waals surface area contributed by atoms with Crippen molar-refractivity contribution in [2.24, 2.45) is 0 Å². The molecule has 1 aromatic carbocycles. The Kier molecular flexibility index (Phi) is 2.26. The zero-order valence-electron chi connectivity index (χ0n) is 9.67. The molecular formula is C15H15P. The minimum Gasteiger partial charge on any atom is -0.132 e. The van der Waals surface area contributed by atoms with Gasteiger partial charge in [0.15, 0.2) is 0 Å². The molecular weight excluding hydrogens is 211 g/mol. The second-order valence-electron chi connectivity index (χ2n) is 4.47. The van der Waals surface area contributed by atoms with Crippen LogP contribution in [0.1, 0.15) is 28.9 Å². The summed E-state index contributed by atoms with van der Waals surface area (Å²) in [5, 5.41) is 1.58. The average molecular weight is 226 g/mol. The maximum atomic E-state index is 2.30. The Morgan fingerprint density at radius 2 is 1.88 bits per heavy atom. The van der Waals surface area contributed by atoms with Gasteiger partial charge in [0, 0.05) is 0 Å². The highest BCUT2D eigenvalue weighted by Gasteiger charge is 2.19. The van der Waals surface area contributed by atoms with Crippen molar-refractivity contribution in [1.82, 2.24) is 0 Å². The fourth-order valence-electron chi connectivity index (χ4n) is 2.57. The lowest BCUT2D eigenvalue weighted by molar-refractivity contribution is 1.32.